The number of primary amides is 2. The third-order valence-corrected chi connectivity index (χ3v) is 1.07. The molecule has 0 aliphatic carbocycles. The number of hydrogen-bond acceptors (Lipinski definition) is 4. The first-order chi connectivity index (χ1) is 8.17. The van der Waals surface area contributed by atoms with Gasteiger partial charge in [-0.05, 0) is 0 Å². The second-order valence-electron chi connectivity index (χ2n) is 2.65. The summed E-state index contributed by atoms with van der Waals surface area (Å²) in [6.45, 7) is 3.45. The summed E-state index contributed by atoms with van der Waals surface area (Å²) >= 11 is 0. The molecule has 0 radical (unpaired) electrons. The van der Waals surface area contributed by atoms with E-state index in [0.717, 1.165) is 0 Å². The van der Waals surface area contributed by atoms with Gasteiger partial charge in [0.15, 0.2) is 0 Å². The van der Waals surface area contributed by atoms with Gasteiger partial charge in [-0.25, -0.2) is 9.59 Å². The molecule has 2 amide bonds. The highest BCUT2D eigenvalue weighted by Gasteiger charge is 1.88. The molecule has 18 heavy (non-hydrogen) atoms. The third-order valence-electron chi connectivity index (χ3n) is 1.07. The maximum Gasteiger partial charge on any atom is 0.328 e. The van der Waals surface area contributed by atoms with E-state index in [1.165, 1.54) is 0 Å². The summed E-state index contributed by atoms with van der Waals surface area (Å²) in [5.41, 5.74) is 9.31. The summed E-state index contributed by atoms with van der Waals surface area (Å²) in [5, 5.41) is 15.6. The molecule has 0 aliphatic heterocycles. The summed E-state index contributed by atoms with van der Waals surface area (Å²) < 4.78 is 0. The van der Waals surface area contributed by atoms with Crippen molar-refractivity contribution >= 4 is 23.8 Å². The number of nitrogens with two attached hydrogens (primary N) is 2. The molecule has 0 saturated carbocycles. The second kappa shape index (κ2) is 14.6. The van der Waals surface area contributed by atoms with Crippen molar-refractivity contribution < 1.29 is 29.4 Å². The van der Waals surface area contributed by atoms with E-state index in [0.29, 0.717) is 25.0 Å². The largest absolute Gasteiger partial charge is 0.478 e. The molecule has 0 bridgehead atoms. The molecule has 104 valence electrons. The topological polar surface area (TPSA) is 161 Å². The maximum absolute atomic E-state index is 9.59. The van der Waals surface area contributed by atoms with E-state index in [4.69, 9.17) is 10.2 Å². The fourth-order valence-corrected chi connectivity index (χ4v) is 0.143. The minimum absolute atomic E-state index is 0.245. The highest BCUT2D eigenvalue weighted by molar-refractivity contribution is 5.89. The fourth-order valence-electron chi connectivity index (χ4n) is 0.143. The van der Waals surface area contributed by atoms with Crippen molar-refractivity contribution in [2.24, 2.45) is 11.5 Å². The monoisotopic (exact) mass is 262 g/mol. The molecule has 0 spiro atoms. The zero-order valence-corrected chi connectivity index (χ0v) is 10.3. The zero-order chi connectivity index (χ0) is 15.1. The first-order valence-electron chi connectivity index (χ1n) is 4.87. The van der Waals surface area contributed by atoms with Crippen molar-refractivity contribution in [2.45, 2.75) is 26.7 Å². The molecular formula is C10H18N2O6. The van der Waals surface area contributed by atoms with Crippen LogP contribution in [0.15, 0.2) is 12.2 Å². The van der Waals surface area contributed by atoms with Gasteiger partial charge in [0.2, 0.25) is 11.8 Å². The van der Waals surface area contributed by atoms with Crippen LogP contribution in [0.4, 0.5) is 0 Å². The minimum atomic E-state index is -1.26. The molecule has 0 saturated heterocycles. The highest BCUT2D eigenvalue weighted by Crippen LogP contribution is 1.70. The van der Waals surface area contributed by atoms with Crippen molar-refractivity contribution in [1.82, 2.24) is 0 Å². The van der Waals surface area contributed by atoms with E-state index in [1.54, 1.807) is 13.8 Å². The van der Waals surface area contributed by atoms with Gasteiger partial charge in [0.05, 0.1) is 0 Å². The number of amides is 2. The van der Waals surface area contributed by atoms with E-state index in [1.807, 2.05) is 0 Å². The average Bonchev–Trinajstić information content (AvgIpc) is 2.27. The van der Waals surface area contributed by atoms with Crippen LogP contribution in [0.3, 0.4) is 0 Å². The van der Waals surface area contributed by atoms with Gasteiger partial charge < -0.3 is 21.7 Å². The Bertz CT molecular complexity index is 281. The zero-order valence-electron chi connectivity index (χ0n) is 10.3. The van der Waals surface area contributed by atoms with Crippen LogP contribution in [-0.2, 0) is 19.2 Å². The van der Waals surface area contributed by atoms with Crippen LogP contribution in [0.1, 0.15) is 26.7 Å². The van der Waals surface area contributed by atoms with Crippen molar-refractivity contribution in [2.75, 3.05) is 0 Å². The smallest absolute Gasteiger partial charge is 0.328 e. The number of aliphatic carboxylic acids is 2. The lowest BCUT2D eigenvalue weighted by molar-refractivity contribution is -0.134. The third kappa shape index (κ3) is 49.5. The Labute approximate surface area is 104 Å². The Balaban J connectivity index is -0.000000197. The molecule has 0 atom stereocenters. The predicted octanol–water partition coefficient (Wildman–Crippen LogP) is -0.525. The number of carbonyl (C=O) groups excluding carboxylic acids is 2. The summed E-state index contributed by atoms with van der Waals surface area (Å²) in [4.78, 5) is 38.3. The minimum Gasteiger partial charge on any atom is -0.478 e. The van der Waals surface area contributed by atoms with Crippen LogP contribution in [0, 0.1) is 0 Å². The molecule has 0 aromatic carbocycles. The maximum atomic E-state index is 9.59. The molecule has 0 aliphatic rings. The van der Waals surface area contributed by atoms with Crippen LogP contribution in [0.25, 0.3) is 0 Å². The number of rotatable bonds is 4. The first kappa shape index (κ1) is 21.0. The van der Waals surface area contributed by atoms with Crippen molar-refractivity contribution in [1.29, 1.82) is 0 Å². The molecule has 8 nitrogen and oxygen atoms in total. The van der Waals surface area contributed by atoms with Gasteiger partial charge in [0, 0.05) is 25.0 Å². The lowest BCUT2D eigenvalue weighted by Crippen LogP contribution is -2.06. The van der Waals surface area contributed by atoms with E-state index < -0.39 is 11.9 Å². The molecule has 0 fully saturated rings. The molecule has 0 rings (SSSR count). The van der Waals surface area contributed by atoms with Crippen molar-refractivity contribution in [3.8, 4) is 0 Å². The number of hydrogen-bond donors (Lipinski definition) is 4. The normalized spacial score (nSPS) is 8.33. The van der Waals surface area contributed by atoms with Crippen molar-refractivity contribution in [3.63, 3.8) is 0 Å². The van der Waals surface area contributed by atoms with Gasteiger partial charge >= 0.3 is 11.9 Å². The van der Waals surface area contributed by atoms with Crippen LogP contribution >= 0.6 is 0 Å². The fraction of sp³-hybridized carbons (Fsp3) is 0.400. The van der Waals surface area contributed by atoms with Gasteiger partial charge in [0.1, 0.15) is 0 Å². The Hall–Kier alpha value is -2.38. The van der Waals surface area contributed by atoms with Crippen LogP contribution < -0.4 is 11.5 Å². The van der Waals surface area contributed by atoms with Gasteiger partial charge in [-0.3, -0.25) is 9.59 Å². The Kier molecular flexibility index (Phi) is 17.0. The first-order valence-corrected chi connectivity index (χ1v) is 4.87. The lowest BCUT2D eigenvalue weighted by Gasteiger charge is -1.74. The van der Waals surface area contributed by atoms with Gasteiger partial charge in [-0.1, -0.05) is 13.8 Å². The lowest BCUT2D eigenvalue weighted by atomic mass is 10.5. The molecule has 0 aromatic rings. The van der Waals surface area contributed by atoms with E-state index in [-0.39, 0.29) is 11.8 Å². The second-order valence-corrected chi connectivity index (χ2v) is 2.65. The Morgan fingerprint density at radius 1 is 0.833 bits per heavy atom. The molecule has 0 aromatic heterocycles. The standard InChI is InChI=1S/C4H4O4.2C3H7NO/c5-3(6)1-2-4(7)8;2*1-2-3(4)5/h1-2H,(H,5,6)(H,7,8);2*2H2,1H3,(H2,4,5)/b2-1+;;. The summed E-state index contributed by atoms with van der Waals surface area (Å²) in [6.07, 6.45) is 2.00. The van der Waals surface area contributed by atoms with Gasteiger partial charge in [0.25, 0.3) is 0 Å². The molecule has 0 unspecified atom stereocenters. The Morgan fingerprint density at radius 3 is 1.06 bits per heavy atom. The molecular weight excluding hydrogens is 244 g/mol. The van der Waals surface area contributed by atoms with Crippen molar-refractivity contribution in [3.05, 3.63) is 12.2 Å². The average molecular weight is 262 g/mol. The van der Waals surface area contributed by atoms with E-state index in [2.05, 4.69) is 11.5 Å². The van der Waals surface area contributed by atoms with Crippen LogP contribution in [0.2, 0.25) is 0 Å². The summed E-state index contributed by atoms with van der Waals surface area (Å²) in [7, 11) is 0. The Morgan fingerprint density at radius 2 is 1.00 bits per heavy atom. The van der Waals surface area contributed by atoms with E-state index >= 15 is 0 Å². The van der Waals surface area contributed by atoms with Crippen LogP contribution in [-0.4, -0.2) is 34.0 Å². The molecule has 8 heteroatoms. The summed E-state index contributed by atoms with van der Waals surface area (Å²) in [5.74, 6) is -3.00. The van der Waals surface area contributed by atoms with E-state index in [9.17, 15) is 19.2 Å². The SMILES string of the molecule is CCC(N)=O.CCC(N)=O.O=C(O)/C=C/C(=O)O. The highest BCUT2D eigenvalue weighted by atomic mass is 16.4. The molecule has 0 heterocycles. The number of carbonyl (C=O) groups is 4. The van der Waals surface area contributed by atoms with Gasteiger partial charge in [-0.2, -0.15) is 0 Å². The number of carboxylic acid groups (broad SMARTS) is 2. The molecule has 6 N–H and O–H groups in total. The predicted molar refractivity (Wildman–Crippen MR) is 63.4 cm³/mol. The summed E-state index contributed by atoms with van der Waals surface area (Å²) in [6, 6.07) is 0. The van der Waals surface area contributed by atoms with Crippen LogP contribution in [0.5, 0.6) is 0 Å². The quantitative estimate of drug-likeness (QED) is 0.498. The van der Waals surface area contributed by atoms with Gasteiger partial charge in [-0.15, -0.1) is 0 Å². The number of carboxylic acids is 2.